The van der Waals surface area contributed by atoms with Crippen LogP contribution in [-0.4, -0.2) is 22.8 Å². The maximum atomic E-state index is 2.04. The Morgan fingerprint density at radius 2 is 1.43 bits per heavy atom. The number of rotatable bonds is 0. The Balaban J connectivity index is 0. The molecule has 0 aromatic carbocycles. The molecular weight excluding hydrogens is 123 g/mol. The number of hydrogen-bond acceptors (Lipinski definition) is 1. The molecule has 0 fully saturated rings. The van der Waals surface area contributed by atoms with Crippen LogP contribution in [0.15, 0.2) is 22.9 Å². The Bertz CT molecular complexity index is 68.2. The van der Waals surface area contributed by atoms with Crippen LogP contribution < -0.4 is 0 Å². The van der Waals surface area contributed by atoms with E-state index in [-0.39, 0.29) is 22.8 Å². The zero-order valence-corrected chi connectivity index (χ0v) is 4.03. The molecule has 1 nitrogen and oxygen atoms in total. The van der Waals surface area contributed by atoms with Crippen molar-refractivity contribution in [3.05, 3.63) is 22.9 Å². The van der Waals surface area contributed by atoms with Crippen LogP contribution >= 0.6 is 11.3 Å². The van der Waals surface area contributed by atoms with Gasteiger partial charge in [0.05, 0.1) is 0 Å². The zero-order valence-electron chi connectivity index (χ0n) is 3.22. The molecule has 1 heterocycles. The average molecular weight is 132 g/mol. The van der Waals surface area contributed by atoms with E-state index in [2.05, 4.69) is 0 Å². The van der Waals surface area contributed by atoms with E-state index in [1.165, 1.54) is 0 Å². The Hall–Kier alpha value is 0.192. The minimum Gasteiger partial charge on any atom is -0.412 e. The lowest BCUT2D eigenvalue weighted by molar-refractivity contribution is 0.824. The Labute approximate surface area is 57.4 Å². The minimum absolute atomic E-state index is 0. The second kappa shape index (κ2) is 6.19. The van der Waals surface area contributed by atoms with Gasteiger partial charge in [0.15, 0.2) is 17.4 Å². The molecule has 0 aliphatic rings. The van der Waals surface area contributed by atoms with Crippen molar-refractivity contribution in [2.24, 2.45) is 0 Å². The predicted molar refractivity (Wildman–Crippen MR) is 37.9 cm³/mol. The van der Waals surface area contributed by atoms with Gasteiger partial charge in [-0.25, -0.2) is 0 Å². The minimum atomic E-state index is 0. The molecule has 2 N–H and O–H groups in total. The second-order valence-electron chi connectivity index (χ2n) is 0.793. The highest BCUT2D eigenvalue weighted by molar-refractivity contribution is 7.07. The first-order valence-electron chi connectivity index (χ1n) is 1.47. The Morgan fingerprint density at radius 1 is 1.00 bits per heavy atom. The summed E-state index contributed by atoms with van der Waals surface area (Å²) < 4.78 is 0. The summed E-state index contributed by atoms with van der Waals surface area (Å²) in [6.45, 7) is 0. The molecule has 0 aliphatic carbocycles. The largest absolute Gasteiger partial charge is 0.412 e. The molecule has 1 aromatic rings. The Kier molecular flexibility index (Phi) is 9.05. The molecule has 0 bridgehead atoms. The van der Waals surface area contributed by atoms with E-state index in [0.717, 1.165) is 0 Å². The summed E-state index contributed by atoms with van der Waals surface area (Å²) in [4.78, 5) is 0. The van der Waals surface area contributed by atoms with Gasteiger partial charge in [-0.3, -0.25) is 0 Å². The van der Waals surface area contributed by atoms with Crippen molar-refractivity contribution in [3.63, 3.8) is 0 Å². The predicted octanol–water partition coefficient (Wildman–Crippen LogP) is -0.260. The summed E-state index contributed by atoms with van der Waals surface area (Å²) in [5.74, 6) is 0. The summed E-state index contributed by atoms with van der Waals surface area (Å²) in [6, 6.07) is 4.04. The molecular formula is C4H9AlOS. The number of hydrogen-bond donors (Lipinski definition) is 0. The molecule has 0 saturated carbocycles. The van der Waals surface area contributed by atoms with Crippen LogP contribution in [0.4, 0.5) is 0 Å². The van der Waals surface area contributed by atoms with Gasteiger partial charge in [0.1, 0.15) is 0 Å². The lowest BCUT2D eigenvalue weighted by Gasteiger charge is -1.39. The molecule has 0 amide bonds. The fourth-order valence-electron chi connectivity index (χ4n) is 0.227. The third-order valence-corrected chi connectivity index (χ3v) is 1.05. The molecule has 3 heteroatoms. The van der Waals surface area contributed by atoms with Crippen LogP contribution in [0, 0.1) is 0 Å². The highest BCUT2D eigenvalue weighted by Crippen LogP contribution is 1.91. The summed E-state index contributed by atoms with van der Waals surface area (Å²) in [7, 11) is 0. The van der Waals surface area contributed by atoms with Crippen molar-refractivity contribution < 1.29 is 5.48 Å². The molecule has 0 radical (unpaired) electrons. The lowest BCUT2D eigenvalue weighted by Crippen LogP contribution is -1.16. The van der Waals surface area contributed by atoms with Crippen molar-refractivity contribution in [2.75, 3.05) is 0 Å². The van der Waals surface area contributed by atoms with Gasteiger partial charge in [0.2, 0.25) is 0 Å². The zero-order chi connectivity index (χ0) is 3.54. The van der Waals surface area contributed by atoms with Crippen LogP contribution in [0.3, 0.4) is 0 Å². The van der Waals surface area contributed by atoms with Gasteiger partial charge >= 0.3 is 0 Å². The quantitative estimate of drug-likeness (QED) is 0.436. The van der Waals surface area contributed by atoms with E-state index in [4.69, 9.17) is 0 Å². The smallest absolute Gasteiger partial charge is 0.187 e. The van der Waals surface area contributed by atoms with E-state index >= 15 is 0 Å². The van der Waals surface area contributed by atoms with Crippen LogP contribution in [0.25, 0.3) is 0 Å². The second-order valence-corrected chi connectivity index (χ2v) is 1.61. The van der Waals surface area contributed by atoms with Crippen molar-refractivity contribution >= 4 is 28.7 Å². The molecule has 0 aliphatic heterocycles. The lowest BCUT2D eigenvalue weighted by atomic mass is 10.7. The summed E-state index contributed by atoms with van der Waals surface area (Å²) in [5.41, 5.74) is 0. The van der Waals surface area contributed by atoms with Crippen LogP contribution in [0.1, 0.15) is 0 Å². The van der Waals surface area contributed by atoms with Gasteiger partial charge in [-0.2, -0.15) is 11.3 Å². The van der Waals surface area contributed by atoms with E-state index in [1.807, 2.05) is 22.9 Å². The third kappa shape index (κ3) is 4.04. The van der Waals surface area contributed by atoms with Gasteiger partial charge in [-0.15, -0.1) is 0 Å². The van der Waals surface area contributed by atoms with E-state index in [9.17, 15) is 0 Å². The summed E-state index contributed by atoms with van der Waals surface area (Å²) in [5, 5.41) is 4.08. The highest BCUT2D eigenvalue weighted by atomic mass is 32.1. The van der Waals surface area contributed by atoms with Gasteiger partial charge in [0.25, 0.3) is 0 Å². The molecule has 1 rings (SSSR count). The Morgan fingerprint density at radius 3 is 1.57 bits per heavy atom. The van der Waals surface area contributed by atoms with E-state index < -0.39 is 0 Å². The fourth-order valence-corrected chi connectivity index (χ4v) is 0.680. The van der Waals surface area contributed by atoms with Crippen LogP contribution in [0.2, 0.25) is 0 Å². The van der Waals surface area contributed by atoms with Crippen molar-refractivity contribution in [1.82, 2.24) is 0 Å². The van der Waals surface area contributed by atoms with Crippen molar-refractivity contribution in [3.8, 4) is 0 Å². The molecule has 40 valence electrons. The fraction of sp³-hybridized carbons (Fsp3) is 0. The molecule has 0 saturated heterocycles. The molecule has 0 spiro atoms. The van der Waals surface area contributed by atoms with Gasteiger partial charge in [0, 0.05) is 0 Å². The maximum Gasteiger partial charge on any atom is 0.187 e. The highest BCUT2D eigenvalue weighted by Gasteiger charge is 1.58. The normalized spacial score (nSPS) is 5.71. The first-order chi connectivity index (χ1) is 2.50. The van der Waals surface area contributed by atoms with Gasteiger partial charge in [-0.1, -0.05) is 12.1 Å². The molecule has 0 atom stereocenters. The first-order valence-corrected chi connectivity index (χ1v) is 2.41. The molecule has 0 unspecified atom stereocenters. The standard InChI is InChI=1S/C4H4S.Al.H2O.3H/c1-2-4-5-3-1;;;;;/h1-4H;;1H2;;;. The third-order valence-electron chi connectivity index (χ3n) is 0.425. The first kappa shape index (κ1) is 10.2. The van der Waals surface area contributed by atoms with E-state index in [1.54, 1.807) is 11.3 Å². The van der Waals surface area contributed by atoms with E-state index in [0.29, 0.717) is 0 Å². The van der Waals surface area contributed by atoms with Crippen LogP contribution in [0.5, 0.6) is 0 Å². The monoisotopic (exact) mass is 132 g/mol. The molecule has 7 heavy (non-hydrogen) atoms. The van der Waals surface area contributed by atoms with Crippen LogP contribution in [-0.2, 0) is 0 Å². The summed E-state index contributed by atoms with van der Waals surface area (Å²) >= 11 is 1.71. The summed E-state index contributed by atoms with van der Waals surface area (Å²) in [6.07, 6.45) is 0. The average Bonchev–Trinajstić information content (AvgIpc) is 1.76. The SMILES string of the molecule is O.[AlH3].c1ccsc1. The number of thiophene rings is 1. The van der Waals surface area contributed by atoms with Crippen molar-refractivity contribution in [1.29, 1.82) is 0 Å². The van der Waals surface area contributed by atoms with Gasteiger partial charge in [-0.05, 0) is 10.8 Å². The van der Waals surface area contributed by atoms with Crippen molar-refractivity contribution in [2.45, 2.75) is 0 Å². The van der Waals surface area contributed by atoms with Gasteiger partial charge < -0.3 is 5.48 Å². The topological polar surface area (TPSA) is 31.5 Å². The molecule has 1 aromatic heterocycles. The maximum absolute atomic E-state index is 2.04.